The molecule has 0 saturated carbocycles. The Morgan fingerprint density at radius 2 is 1.62 bits per heavy atom. The van der Waals surface area contributed by atoms with Crippen molar-refractivity contribution >= 4 is 7.60 Å². The number of ether oxygens (including phenoxy) is 1. The quantitative estimate of drug-likeness (QED) is 0.470. The molecule has 0 aromatic heterocycles. The van der Waals surface area contributed by atoms with Crippen LogP contribution in [0.1, 0.15) is 20.3 Å². The summed E-state index contributed by atoms with van der Waals surface area (Å²) < 4.78 is 40.9. The molecule has 1 heterocycles. The van der Waals surface area contributed by atoms with Crippen LogP contribution in [0.2, 0.25) is 0 Å². The summed E-state index contributed by atoms with van der Waals surface area (Å²) in [4.78, 5) is 0. The zero-order valence-electron chi connectivity index (χ0n) is 11.8. The lowest BCUT2D eigenvalue weighted by atomic mass is 9.97. The van der Waals surface area contributed by atoms with Crippen LogP contribution in [0.4, 0.5) is 4.39 Å². The third kappa shape index (κ3) is 4.43. The van der Waals surface area contributed by atoms with Gasteiger partial charge in [0.25, 0.3) is 0 Å². The first kappa shape index (κ1) is 18.9. The molecule has 126 valence electrons. The van der Waals surface area contributed by atoms with Crippen molar-refractivity contribution in [3.8, 4) is 0 Å². The minimum Gasteiger partial charge on any atom is -0.388 e. The molecule has 0 unspecified atom stereocenters. The van der Waals surface area contributed by atoms with E-state index in [1.165, 1.54) is 13.8 Å². The summed E-state index contributed by atoms with van der Waals surface area (Å²) in [6, 6.07) is 0. The molecular weight excluding hydrogens is 310 g/mol. The van der Waals surface area contributed by atoms with Crippen molar-refractivity contribution in [3.05, 3.63) is 0 Å². The largest absolute Gasteiger partial charge is 0.388 e. The Bertz CT molecular complexity index is 360. The molecule has 0 aromatic rings. The topological polar surface area (TPSA) is 126 Å². The number of rotatable bonds is 7. The van der Waals surface area contributed by atoms with Crippen molar-refractivity contribution in [2.24, 2.45) is 0 Å². The minimum absolute atomic E-state index is 0.0320. The van der Waals surface area contributed by atoms with Crippen molar-refractivity contribution in [2.75, 3.05) is 13.2 Å². The van der Waals surface area contributed by atoms with Crippen LogP contribution in [0.3, 0.4) is 0 Å². The Morgan fingerprint density at radius 1 is 1.10 bits per heavy atom. The van der Waals surface area contributed by atoms with Gasteiger partial charge in [0, 0.05) is 6.42 Å². The van der Waals surface area contributed by atoms with E-state index >= 15 is 0 Å². The van der Waals surface area contributed by atoms with Crippen molar-refractivity contribution in [1.82, 2.24) is 0 Å². The fraction of sp³-hybridized carbons (Fsp3) is 1.00. The lowest BCUT2D eigenvalue weighted by Crippen LogP contribution is -2.57. The highest BCUT2D eigenvalue weighted by atomic mass is 31.2. The van der Waals surface area contributed by atoms with Crippen molar-refractivity contribution in [2.45, 2.75) is 56.9 Å². The van der Waals surface area contributed by atoms with Crippen molar-refractivity contribution in [1.29, 1.82) is 0 Å². The molecule has 1 aliphatic rings. The Balaban J connectivity index is 2.76. The van der Waals surface area contributed by atoms with E-state index in [0.29, 0.717) is 0 Å². The Hall–Kier alpha value is -0.120. The number of aliphatic hydroxyl groups excluding tert-OH is 4. The maximum Gasteiger partial charge on any atom is 0.364 e. The van der Waals surface area contributed by atoms with Gasteiger partial charge in [0.2, 0.25) is 5.91 Å². The van der Waals surface area contributed by atoms with Crippen LogP contribution in [-0.4, -0.2) is 70.3 Å². The number of halogens is 1. The average molecular weight is 332 g/mol. The van der Waals surface area contributed by atoms with Crippen LogP contribution in [0.25, 0.3) is 0 Å². The number of hydrogen-bond donors (Lipinski definition) is 4. The molecule has 0 radical (unpaired) electrons. The van der Waals surface area contributed by atoms with Crippen LogP contribution in [0.15, 0.2) is 0 Å². The normalized spacial score (nSPS) is 35.7. The highest BCUT2D eigenvalue weighted by molar-refractivity contribution is 7.54. The second-order valence-electron chi connectivity index (χ2n) is 4.58. The molecule has 4 N–H and O–H groups in total. The maximum absolute atomic E-state index is 14.2. The van der Waals surface area contributed by atoms with Gasteiger partial charge in [0.05, 0.1) is 19.3 Å². The van der Waals surface area contributed by atoms with Gasteiger partial charge in [-0.3, -0.25) is 4.57 Å². The first-order valence-electron chi connectivity index (χ1n) is 6.67. The fourth-order valence-electron chi connectivity index (χ4n) is 2.01. The van der Waals surface area contributed by atoms with Crippen LogP contribution < -0.4 is 0 Å². The SMILES string of the molecule is CCOP(=O)(OCC)[C@@H](F)C[C@H]1O[C@@H](O)[C@H](O)[C@@H](O)[C@@H]1O. The van der Waals surface area contributed by atoms with Crippen LogP contribution in [-0.2, 0) is 18.3 Å². The zero-order valence-corrected chi connectivity index (χ0v) is 12.7. The van der Waals surface area contributed by atoms with Gasteiger partial charge in [0.1, 0.15) is 18.3 Å². The lowest BCUT2D eigenvalue weighted by molar-refractivity contribution is -0.283. The van der Waals surface area contributed by atoms with Crippen LogP contribution in [0, 0.1) is 0 Å². The zero-order chi connectivity index (χ0) is 16.2. The molecular formula is C11H22FO8P. The Labute approximate surface area is 122 Å². The summed E-state index contributed by atoms with van der Waals surface area (Å²) in [7, 11) is -4.04. The van der Waals surface area contributed by atoms with Gasteiger partial charge in [-0.05, 0) is 13.8 Å². The molecule has 0 amide bonds. The Kier molecular flexibility index (Phi) is 7.15. The van der Waals surface area contributed by atoms with Crippen molar-refractivity contribution in [3.63, 3.8) is 0 Å². The van der Waals surface area contributed by atoms with E-state index in [1.54, 1.807) is 0 Å². The average Bonchev–Trinajstić information content (AvgIpc) is 2.42. The van der Waals surface area contributed by atoms with Gasteiger partial charge >= 0.3 is 7.60 Å². The molecule has 0 bridgehead atoms. The first-order valence-corrected chi connectivity index (χ1v) is 8.28. The predicted molar refractivity (Wildman–Crippen MR) is 69.3 cm³/mol. The van der Waals surface area contributed by atoms with E-state index in [0.717, 1.165) is 0 Å². The molecule has 0 aliphatic carbocycles. The molecule has 1 fully saturated rings. The van der Waals surface area contributed by atoms with Gasteiger partial charge in [-0.15, -0.1) is 0 Å². The van der Waals surface area contributed by atoms with Gasteiger partial charge in [0.15, 0.2) is 6.29 Å². The molecule has 0 spiro atoms. The molecule has 6 atom stereocenters. The molecule has 8 nitrogen and oxygen atoms in total. The van der Waals surface area contributed by atoms with Crippen molar-refractivity contribution < 1.29 is 43.2 Å². The van der Waals surface area contributed by atoms with Gasteiger partial charge in [-0.2, -0.15) is 0 Å². The highest BCUT2D eigenvalue weighted by Crippen LogP contribution is 2.55. The molecule has 1 aliphatic heterocycles. The van der Waals surface area contributed by atoms with Gasteiger partial charge in [-0.25, -0.2) is 4.39 Å². The Morgan fingerprint density at radius 3 is 2.10 bits per heavy atom. The summed E-state index contributed by atoms with van der Waals surface area (Å²) in [6.45, 7) is 2.98. The predicted octanol–water partition coefficient (Wildman–Crippen LogP) is -0.262. The second-order valence-corrected chi connectivity index (χ2v) is 6.74. The summed E-state index contributed by atoms with van der Waals surface area (Å²) in [5.41, 5.74) is 0. The standard InChI is InChI=1S/C11H22FO8P/c1-3-18-21(17,19-4-2)7(12)5-6-8(13)9(14)10(15)11(16)20-6/h6-11,13-16H,3-5H2,1-2H3/t6-,7-,8-,9+,10-,11-/m1/s1. The van der Waals surface area contributed by atoms with E-state index in [-0.39, 0.29) is 13.2 Å². The van der Waals surface area contributed by atoms with Gasteiger partial charge < -0.3 is 34.2 Å². The van der Waals surface area contributed by atoms with E-state index in [2.05, 4.69) is 0 Å². The summed E-state index contributed by atoms with van der Waals surface area (Å²) >= 11 is 0. The summed E-state index contributed by atoms with van der Waals surface area (Å²) in [6.07, 6.45) is -8.82. The third-order valence-electron chi connectivity index (χ3n) is 3.08. The summed E-state index contributed by atoms with van der Waals surface area (Å²) in [5, 5.41) is 37.9. The van der Waals surface area contributed by atoms with Gasteiger partial charge in [-0.1, -0.05) is 0 Å². The highest BCUT2D eigenvalue weighted by Gasteiger charge is 2.47. The number of aliphatic hydroxyl groups is 4. The minimum atomic E-state index is -4.04. The fourth-order valence-corrected chi connectivity index (χ4v) is 3.59. The second kappa shape index (κ2) is 7.94. The van der Waals surface area contributed by atoms with E-state index in [9.17, 15) is 29.4 Å². The van der Waals surface area contributed by atoms with E-state index < -0.39 is 50.6 Å². The molecule has 1 saturated heterocycles. The maximum atomic E-state index is 14.2. The number of alkyl halides is 1. The first-order chi connectivity index (χ1) is 9.76. The summed E-state index contributed by atoms with van der Waals surface area (Å²) in [5.74, 6) is -2.10. The van der Waals surface area contributed by atoms with Crippen LogP contribution >= 0.6 is 7.60 Å². The molecule has 21 heavy (non-hydrogen) atoms. The monoisotopic (exact) mass is 332 g/mol. The molecule has 10 heteroatoms. The van der Waals surface area contributed by atoms with E-state index in [4.69, 9.17) is 13.8 Å². The molecule has 0 aromatic carbocycles. The molecule has 1 rings (SSSR count). The smallest absolute Gasteiger partial charge is 0.364 e. The van der Waals surface area contributed by atoms with Crippen LogP contribution in [0.5, 0.6) is 0 Å². The third-order valence-corrected chi connectivity index (χ3v) is 5.21. The van der Waals surface area contributed by atoms with E-state index in [1.807, 2.05) is 0 Å². The lowest BCUT2D eigenvalue weighted by Gasteiger charge is -2.39. The number of hydrogen-bond acceptors (Lipinski definition) is 8.